The van der Waals surface area contributed by atoms with Crippen molar-refractivity contribution in [3.05, 3.63) is 89.3 Å². The maximum Gasteiger partial charge on any atom is 0.226 e. The van der Waals surface area contributed by atoms with E-state index in [-0.39, 0.29) is 23.3 Å². The molecule has 2 aliphatic carbocycles. The first-order chi connectivity index (χ1) is 15.0. The van der Waals surface area contributed by atoms with Gasteiger partial charge in [-0.1, -0.05) is 50.3 Å². The molecule has 5 nitrogen and oxygen atoms in total. The molecule has 1 aromatic carbocycles. The highest BCUT2D eigenvalue weighted by Gasteiger charge is 2.49. The average Bonchev–Trinajstić information content (AvgIpc) is 2.82. The lowest BCUT2D eigenvalue weighted by molar-refractivity contribution is -0.121. The fraction of sp³-hybridized carbons (Fsp3) is 0.269. The molecule has 2 aromatic heterocycles. The molecule has 0 saturated heterocycles. The Morgan fingerprint density at radius 1 is 1.06 bits per heavy atom. The van der Waals surface area contributed by atoms with Gasteiger partial charge in [0.2, 0.25) is 5.70 Å². The normalized spacial score (nSPS) is 24.5. The summed E-state index contributed by atoms with van der Waals surface area (Å²) in [5.74, 6) is 0.505. The number of rotatable bonds is 2. The van der Waals surface area contributed by atoms with Crippen molar-refractivity contribution in [2.45, 2.75) is 32.1 Å². The second-order valence-corrected chi connectivity index (χ2v) is 8.55. The van der Waals surface area contributed by atoms with Crippen LogP contribution in [-0.4, -0.2) is 20.7 Å². The molecule has 0 bridgehead atoms. The Morgan fingerprint density at radius 2 is 1.81 bits per heavy atom. The Kier molecular flexibility index (Phi) is 4.51. The summed E-state index contributed by atoms with van der Waals surface area (Å²) in [7, 11) is 0. The standard InChI is InChI=1S/C26H22N4O/c1-16-20-10-9-19-22(17-7-5-4-6-8-17)29-25(18-11-13-28-14-12-18)30-24(19)26(20,2)15-21(27-3)23(16)31/h4-8,11-16,20H,9-10H2,1-2H3/t16-,20-,26-/m1/s1. The van der Waals surface area contributed by atoms with Crippen molar-refractivity contribution in [1.82, 2.24) is 15.0 Å². The Balaban J connectivity index is 1.81. The fourth-order valence-corrected chi connectivity index (χ4v) is 5.21. The zero-order valence-corrected chi connectivity index (χ0v) is 17.5. The highest BCUT2D eigenvalue weighted by Crippen LogP contribution is 2.51. The van der Waals surface area contributed by atoms with E-state index in [1.807, 2.05) is 43.3 Å². The van der Waals surface area contributed by atoms with Gasteiger partial charge in [-0.2, -0.15) is 0 Å². The largest absolute Gasteiger partial charge is 0.308 e. The number of allylic oxidation sites excluding steroid dienone is 2. The van der Waals surface area contributed by atoms with Crippen molar-refractivity contribution in [1.29, 1.82) is 0 Å². The number of Topliss-reactive ketones (excluding diaryl/α,β-unsaturated/α-hetero) is 1. The van der Waals surface area contributed by atoms with E-state index in [1.165, 1.54) is 0 Å². The molecule has 3 atom stereocenters. The van der Waals surface area contributed by atoms with E-state index in [0.717, 1.165) is 40.9 Å². The topological polar surface area (TPSA) is 60.1 Å². The maximum absolute atomic E-state index is 12.7. The average molecular weight is 406 g/mol. The Morgan fingerprint density at radius 3 is 2.52 bits per heavy atom. The number of benzene rings is 1. The quantitative estimate of drug-likeness (QED) is 0.559. The number of ketones is 1. The van der Waals surface area contributed by atoms with E-state index < -0.39 is 5.41 Å². The van der Waals surface area contributed by atoms with Gasteiger partial charge in [0.05, 0.1) is 18.0 Å². The molecule has 31 heavy (non-hydrogen) atoms. The van der Waals surface area contributed by atoms with Gasteiger partial charge in [-0.05, 0) is 30.9 Å². The Hall–Kier alpha value is -3.65. The van der Waals surface area contributed by atoms with E-state index in [4.69, 9.17) is 16.5 Å². The number of aromatic nitrogens is 3. The second-order valence-electron chi connectivity index (χ2n) is 8.55. The SMILES string of the molecule is [C-]#[N+]C1=C[C@@]2(C)c3nc(-c4ccncc4)nc(-c4ccccc4)c3CC[C@@H]2[C@@H](C)C1=O. The molecule has 0 unspecified atom stereocenters. The Labute approximate surface area is 181 Å². The molecule has 0 aliphatic heterocycles. The first-order valence-corrected chi connectivity index (χ1v) is 10.5. The van der Waals surface area contributed by atoms with Gasteiger partial charge in [0.25, 0.3) is 0 Å². The van der Waals surface area contributed by atoms with Crippen molar-refractivity contribution in [2.75, 3.05) is 0 Å². The monoisotopic (exact) mass is 406 g/mol. The summed E-state index contributed by atoms with van der Waals surface area (Å²) < 4.78 is 0. The molecule has 152 valence electrons. The van der Waals surface area contributed by atoms with E-state index in [2.05, 4.69) is 28.9 Å². The molecule has 3 aromatic rings. The van der Waals surface area contributed by atoms with Gasteiger partial charge in [-0.25, -0.2) is 14.8 Å². The van der Waals surface area contributed by atoms with Gasteiger partial charge in [-0.15, -0.1) is 0 Å². The number of nitrogens with zero attached hydrogens (tertiary/aromatic N) is 4. The van der Waals surface area contributed by atoms with Crippen molar-refractivity contribution in [3.63, 3.8) is 0 Å². The summed E-state index contributed by atoms with van der Waals surface area (Å²) >= 11 is 0. The van der Waals surface area contributed by atoms with Gasteiger partial charge < -0.3 is 4.79 Å². The molecule has 5 heteroatoms. The van der Waals surface area contributed by atoms with Crippen LogP contribution in [0.15, 0.2) is 66.6 Å². The van der Waals surface area contributed by atoms with Crippen LogP contribution >= 0.6 is 0 Å². The van der Waals surface area contributed by atoms with Crippen LogP contribution in [0.5, 0.6) is 0 Å². The van der Waals surface area contributed by atoms with Crippen LogP contribution in [0.2, 0.25) is 0 Å². The summed E-state index contributed by atoms with van der Waals surface area (Å²) in [6.45, 7) is 11.6. The summed E-state index contributed by atoms with van der Waals surface area (Å²) in [6.07, 6.45) is 7.03. The van der Waals surface area contributed by atoms with Crippen LogP contribution in [0, 0.1) is 18.4 Å². The van der Waals surface area contributed by atoms with Crippen molar-refractivity contribution >= 4 is 5.78 Å². The molecule has 2 aliphatic rings. The van der Waals surface area contributed by atoms with Gasteiger partial charge in [0, 0.05) is 40.4 Å². The fourth-order valence-electron chi connectivity index (χ4n) is 5.21. The van der Waals surface area contributed by atoms with Crippen LogP contribution in [0.4, 0.5) is 0 Å². The van der Waals surface area contributed by atoms with Crippen LogP contribution in [-0.2, 0) is 16.6 Å². The molecule has 0 amide bonds. The van der Waals surface area contributed by atoms with E-state index in [0.29, 0.717) is 5.82 Å². The predicted octanol–water partition coefficient (Wildman–Crippen LogP) is 5.05. The smallest absolute Gasteiger partial charge is 0.226 e. The molecular weight excluding hydrogens is 384 g/mol. The summed E-state index contributed by atoms with van der Waals surface area (Å²) in [5.41, 5.74) is 4.66. The molecular formula is C26H22N4O. The predicted molar refractivity (Wildman–Crippen MR) is 119 cm³/mol. The lowest BCUT2D eigenvalue weighted by atomic mass is 9.58. The zero-order chi connectivity index (χ0) is 21.6. The van der Waals surface area contributed by atoms with E-state index in [9.17, 15) is 4.79 Å². The number of carbonyl (C=O) groups is 1. The molecule has 0 N–H and O–H groups in total. The highest BCUT2D eigenvalue weighted by atomic mass is 16.1. The highest BCUT2D eigenvalue weighted by molar-refractivity contribution is 6.00. The minimum Gasteiger partial charge on any atom is -0.308 e. The molecule has 2 heterocycles. The number of hydrogen-bond acceptors (Lipinski definition) is 4. The molecule has 0 fully saturated rings. The summed E-state index contributed by atoms with van der Waals surface area (Å²) in [6, 6.07) is 14.0. The van der Waals surface area contributed by atoms with Crippen LogP contribution < -0.4 is 0 Å². The molecule has 0 spiro atoms. The third-order valence-electron chi connectivity index (χ3n) is 6.81. The third-order valence-corrected chi connectivity index (χ3v) is 6.81. The van der Waals surface area contributed by atoms with Gasteiger partial charge >= 0.3 is 0 Å². The van der Waals surface area contributed by atoms with E-state index in [1.54, 1.807) is 12.4 Å². The van der Waals surface area contributed by atoms with Crippen molar-refractivity contribution < 1.29 is 4.79 Å². The molecule has 0 saturated carbocycles. The summed E-state index contributed by atoms with van der Waals surface area (Å²) in [5, 5.41) is 0. The second kappa shape index (κ2) is 7.24. The maximum atomic E-state index is 12.7. The van der Waals surface area contributed by atoms with Crippen LogP contribution in [0.25, 0.3) is 27.5 Å². The van der Waals surface area contributed by atoms with Gasteiger partial charge in [0.1, 0.15) is 0 Å². The first-order valence-electron chi connectivity index (χ1n) is 10.5. The number of carbonyl (C=O) groups excluding carboxylic acids is 1. The number of pyridine rings is 1. The summed E-state index contributed by atoms with van der Waals surface area (Å²) in [4.78, 5) is 30.4. The lowest BCUT2D eigenvalue weighted by Gasteiger charge is -2.46. The zero-order valence-electron chi connectivity index (χ0n) is 17.5. The first kappa shape index (κ1) is 19.3. The van der Waals surface area contributed by atoms with Crippen molar-refractivity contribution in [2.24, 2.45) is 11.8 Å². The van der Waals surface area contributed by atoms with Gasteiger partial charge in [0.15, 0.2) is 11.6 Å². The van der Waals surface area contributed by atoms with E-state index >= 15 is 0 Å². The molecule has 0 radical (unpaired) electrons. The lowest BCUT2D eigenvalue weighted by Crippen LogP contribution is -2.46. The minimum atomic E-state index is -0.491. The van der Waals surface area contributed by atoms with Crippen LogP contribution in [0.1, 0.15) is 31.5 Å². The van der Waals surface area contributed by atoms with Crippen LogP contribution in [0.3, 0.4) is 0 Å². The van der Waals surface area contributed by atoms with Crippen molar-refractivity contribution in [3.8, 4) is 22.6 Å². The van der Waals surface area contributed by atoms with Gasteiger partial charge in [-0.3, -0.25) is 4.98 Å². The third kappa shape index (κ3) is 2.98. The molecule has 5 rings (SSSR count). The number of hydrogen-bond donors (Lipinski definition) is 0. The number of fused-ring (bicyclic) bond motifs is 3. The Bertz CT molecular complexity index is 1240. The minimum absolute atomic E-state index is 0.0485.